The lowest BCUT2D eigenvalue weighted by molar-refractivity contribution is -0.138. The molecule has 2 aromatic rings. The molecule has 2 aromatic carbocycles. The minimum Gasteiger partial charge on any atom is -0.352 e. The van der Waals surface area contributed by atoms with Gasteiger partial charge in [0.05, 0.1) is 5.75 Å². The summed E-state index contributed by atoms with van der Waals surface area (Å²) in [6.07, 6.45) is 0. The molecule has 0 aliphatic rings. The maximum atomic E-state index is 13.0. The Balaban J connectivity index is 2.09. The van der Waals surface area contributed by atoms with E-state index in [9.17, 15) is 9.59 Å². The van der Waals surface area contributed by atoms with Crippen LogP contribution in [-0.4, -0.2) is 34.6 Å². The molecule has 2 rings (SSSR count). The first kappa shape index (κ1) is 23.8. The molecule has 4 nitrogen and oxygen atoms in total. The van der Waals surface area contributed by atoms with Gasteiger partial charge in [-0.1, -0.05) is 57.9 Å². The van der Waals surface area contributed by atoms with Crippen LogP contribution >= 0.6 is 39.3 Å². The van der Waals surface area contributed by atoms with Gasteiger partial charge >= 0.3 is 0 Å². The Morgan fingerprint density at radius 2 is 1.86 bits per heavy atom. The quantitative estimate of drug-likeness (QED) is 0.513. The third-order valence-electron chi connectivity index (χ3n) is 4.28. The molecule has 29 heavy (non-hydrogen) atoms. The lowest BCUT2D eigenvalue weighted by Gasteiger charge is -2.29. The standard InChI is InChI=1S/C22H26BrClN2O2S/c1-15(2)25-22(28)16(3)26(12-17-7-6-9-19(23)11-17)21(27)14-29-13-18-8-4-5-10-20(18)24/h4-11,15-16H,12-14H2,1-3H3,(H,25,28). The lowest BCUT2D eigenvalue weighted by Crippen LogP contribution is -2.49. The Morgan fingerprint density at radius 1 is 1.14 bits per heavy atom. The van der Waals surface area contributed by atoms with Crippen LogP contribution in [0.2, 0.25) is 5.02 Å². The van der Waals surface area contributed by atoms with Crippen molar-refractivity contribution in [2.75, 3.05) is 5.75 Å². The highest BCUT2D eigenvalue weighted by molar-refractivity contribution is 9.10. The Bertz CT molecular complexity index is 847. The smallest absolute Gasteiger partial charge is 0.242 e. The Morgan fingerprint density at radius 3 is 2.52 bits per heavy atom. The van der Waals surface area contributed by atoms with Crippen LogP contribution in [0.15, 0.2) is 53.0 Å². The van der Waals surface area contributed by atoms with Gasteiger partial charge in [-0.05, 0) is 50.1 Å². The van der Waals surface area contributed by atoms with Crippen LogP contribution in [0.4, 0.5) is 0 Å². The molecule has 0 saturated heterocycles. The van der Waals surface area contributed by atoms with Gasteiger partial charge < -0.3 is 10.2 Å². The Hall–Kier alpha value is -1.50. The largest absolute Gasteiger partial charge is 0.352 e. The van der Waals surface area contributed by atoms with Gasteiger partial charge in [0.15, 0.2) is 0 Å². The molecule has 1 N–H and O–H groups in total. The molecule has 2 amide bonds. The van der Waals surface area contributed by atoms with E-state index in [-0.39, 0.29) is 23.6 Å². The van der Waals surface area contributed by atoms with Crippen LogP contribution in [-0.2, 0) is 21.9 Å². The van der Waals surface area contributed by atoms with Crippen LogP contribution in [0.3, 0.4) is 0 Å². The van der Waals surface area contributed by atoms with Crippen LogP contribution < -0.4 is 5.32 Å². The lowest BCUT2D eigenvalue weighted by atomic mass is 10.1. The molecule has 0 aromatic heterocycles. The van der Waals surface area contributed by atoms with Crippen molar-refractivity contribution in [1.82, 2.24) is 10.2 Å². The van der Waals surface area contributed by atoms with Crippen LogP contribution in [0.5, 0.6) is 0 Å². The van der Waals surface area contributed by atoms with Crippen molar-refractivity contribution in [3.05, 3.63) is 69.2 Å². The molecule has 156 valence electrons. The molecular weight excluding hydrogens is 472 g/mol. The summed E-state index contributed by atoms with van der Waals surface area (Å²) >= 11 is 11.2. The van der Waals surface area contributed by atoms with Crippen molar-refractivity contribution in [2.24, 2.45) is 0 Å². The fraction of sp³-hybridized carbons (Fsp3) is 0.364. The second-order valence-corrected chi connectivity index (χ2v) is 9.38. The summed E-state index contributed by atoms with van der Waals surface area (Å²) < 4.78 is 0.940. The molecule has 0 fully saturated rings. The number of thioether (sulfide) groups is 1. The minimum atomic E-state index is -0.565. The van der Waals surface area contributed by atoms with E-state index in [0.29, 0.717) is 17.3 Å². The summed E-state index contributed by atoms with van der Waals surface area (Å²) in [7, 11) is 0. The van der Waals surface area contributed by atoms with Crippen molar-refractivity contribution in [2.45, 2.75) is 45.2 Å². The average molecular weight is 498 g/mol. The van der Waals surface area contributed by atoms with Crippen LogP contribution in [0, 0.1) is 0 Å². The van der Waals surface area contributed by atoms with Crippen molar-refractivity contribution >= 4 is 51.1 Å². The molecule has 1 atom stereocenters. The highest BCUT2D eigenvalue weighted by atomic mass is 79.9. The van der Waals surface area contributed by atoms with E-state index in [4.69, 9.17) is 11.6 Å². The van der Waals surface area contributed by atoms with Gasteiger partial charge in [-0.3, -0.25) is 9.59 Å². The number of carbonyl (C=O) groups excluding carboxylic acids is 2. The van der Waals surface area contributed by atoms with E-state index in [1.165, 1.54) is 11.8 Å². The maximum Gasteiger partial charge on any atom is 0.242 e. The molecule has 0 bridgehead atoms. The molecule has 0 aliphatic heterocycles. The third-order valence-corrected chi connectivity index (χ3v) is 6.11. The number of hydrogen-bond acceptors (Lipinski definition) is 3. The van der Waals surface area contributed by atoms with E-state index < -0.39 is 6.04 Å². The SMILES string of the molecule is CC(C)NC(=O)C(C)N(Cc1cccc(Br)c1)C(=O)CSCc1ccccc1Cl. The fourth-order valence-electron chi connectivity index (χ4n) is 2.77. The highest BCUT2D eigenvalue weighted by Crippen LogP contribution is 2.22. The van der Waals surface area contributed by atoms with Crippen molar-refractivity contribution in [1.29, 1.82) is 0 Å². The van der Waals surface area contributed by atoms with Crippen molar-refractivity contribution in [3.8, 4) is 0 Å². The van der Waals surface area contributed by atoms with Crippen LogP contribution in [0.25, 0.3) is 0 Å². The van der Waals surface area contributed by atoms with Gasteiger partial charge in [0.25, 0.3) is 0 Å². The first-order valence-corrected chi connectivity index (χ1v) is 11.8. The van der Waals surface area contributed by atoms with Gasteiger partial charge in [0.1, 0.15) is 6.04 Å². The molecule has 0 saturated carbocycles. The molecule has 0 spiro atoms. The monoisotopic (exact) mass is 496 g/mol. The number of nitrogens with zero attached hydrogens (tertiary/aromatic N) is 1. The van der Waals surface area contributed by atoms with Crippen molar-refractivity contribution in [3.63, 3.8) is 0 Å². The van der Waals surface area contributed by atoms with Gasteiger partial charge in [0.2, 0.25) is 11.8 Å². The Labute approximate surface area is 190 Å². The predicted octanol–water partition coefficient (Wildman–Crippen LogP) is 5.28. The van der Waals surface area contributed by atoms with Gasteiger partial charge in [-0.25, -0.2) is 0 Å². The second kappa shape index (κ2) is 11.6. The summed E-state index contributed by atoms with van der Waals surface area (Å²) in [6, 6.07) is 14.8. The van der Waals surface area contributed by atoms with Gasteiger partial charge in [-0.15, -0.1) is 11.8 Å². The topological polar surface area (TPSA) is 49.4 Å². The highest BCUT2D eigenvalue weighted by Gasteiger charge is 2.26. The molecule has 0 aliphatic carbocycles. The molecule has 0 radical (unpaired) electrons. The van der Waals surface area contributed by atoms with Gasteiger partial charge in [-0.2, -0.15) is 0 Å². The summed E-state index contributed by atoms with van der Waals surface area (Å²) in [6.45, 7) is 5.96. The van der Waals surface area contributed by atoms with Crippen molar-refractivity contribution < 1.29 is 9.59 Å². The summed E-state index contributed by atoms with van der Waals surface area (Å²) in [5, 5.41) is 3.60. The number of hydrogen-bond donors (Lipinski definition) is 1. The zero-order valence-corrected chi connectivity index (χ0v) is 20.0. The number of nitrogens with one attached hydrogen (secondary N) is 1. The first-order chi connectivity index (χ1) is 13.8. The predicted molar refractivity (Wildman–Crippen MR) is 125 cm³/mol. The summed E-state index contributed by atoms with van der Waals surface area (Å²) in [5.74, 6) is 0.689. The molecule has 1 unspecified atom stereocenters. The zero-order chi connectivity index (χ0) is 21.4. The maximum absolute atomic E-state index is 13.0. The van der Waals surface area contributed by atoms with E-state index >= 15 is 0 Å². The Kier molecular flexibility index (Phi) is 9.53. The first-order valence-electron chi connectivity index (χ1n) is 9.43. The number of benzene rings is 2. The zero-order valence-electron chi connectivity index (χ0n) is 16.8. The van der Waals surface area contributed by atoms with Gasteiger partial charge in [0, 0.05) is 27.8 Å². The third kappa shape index (κ3) is 7.68. The number of amides is 2. The second-order valence-electron chi connectivity index (χ2n) is 7.08. The fourth-order valence-corrected chi connectivity index (χ4v) is 4.41. The van der Waals surface area contributed by atoms with E-state index in [1.54, 1.807) is 11.8 Å². The normalized spacial score (nSPS) is 11.9. The summed E-state index contributed by atoms with van der Waals surface area (Å²) in [5.41, 5.74) is 1.96. The van der Waals surface area contributed by atoms with Crippen LogP contribution in [0.1, 0.15) is 31.9 Å². The molecular formula is C22H26BrClN2O2S. The summed E-state index contributed by atoms with van der Waals surface area (Å²) in [4.78, 5) is 27.2. The average Bonchev–Trinajstić information content (AvgIpc) is 2.66. The van der Waals surface area contributed by atoms with E-state index in [2.05, 4.69) is 21.2 Å². The van der Waals surface area contributed by atoms with E-state index in [1.807, 2.05) is 62.4 Å². The van der Waals surface area contributed by atoms with E-state index in [0.717, 1.165) is 15.6 Å². The number of halogens is 2. The molecule has 0 heterocycles. The molecule has 7 heteroatoms. The minimum absolute atomic E-state index is 0.0161. The number of carbonyl (C=O) groups is 2. The number of rotatable bonds is 9.